The van der Waals surface area contributed by atoms with Gasteiger partial charge in [-0.1, -0.05) is 6.58 Å². The number of aromatic amines is 1. The lowest BCUT2D eigenvalue weighted by Gasteiger charge is -2.19. The van der Waals surface area contributed by atoms with Crippen LogP contribution in [0.5, 0.6) is 0 Å². The predicted octanol–water partition coefficient (Wildman–Crippen LogP) is -0.543. The van der Waals surface area contributed by atoms with Crippen molar-refractivity contribution in [2.24, 2.45) is 5.92 Å². The van der Waals surface area contributed by atoms with Crippen molar-refractivity contribution < 1.29 is 23.8 Å². The molecule has 2 heterocycles. The van der Waals surface area contributed by atoms with Gasteiger partial charge in [0.05, 0.1) is 18.6 Å². The van der Waals surface area contributed by atoms with Crippen LogP contribution in [0.4, 0.5) is 4.39 Å². The van der Waals surface area contributed by atoms with Gasteiger partial charge in [0.1, 0.15) is 5.76 Å². The molecule has 22 heavy (non-hydrogen) atoms. The molecule has 0 radical (unpaired) electrons. The first-order valence-corrected chi connectivity index (χ1v) is 6.44. The van der Waals surface area contributed by atoms with E-state index in [0.29, 0.717) is 0 Å². The largest absolute Gasteiger partial charge is 0.431 e. The van der Waals surface area contributed by atoms with Crippen molar-refractivity contribution in [3.05, 3.63) is 45.4 Å². The van der Waals surface area contributed by atoms with E-state index in [4.69, 9.17) is 9.47 Å². The number of rotatable bonds is 4. The van der Waals surface area contributed by atoms with E-state index >= 15 is 0 Å². The van der Waals surface area contributed by atoms with Crippen molar-refractivity contribution in [2.45, 2.75) is 25.4 Å². The molecule has 1 aliphatic rings. The fraction of sp³-hybridized carbons (Fsp3) is 0.462. The lowest BCUT2D eigenvalue weighted by atomic mass is 9.97. The predicted molar refractivity (Wildman–Crippen MR) is 71.6 cm³/mol. The van der Waals surface area contributed by atoms with E-state index in [1.807, 2.05) is 4.98 Å². The van der Waals surface area contributed by atoms with Crippen molar-refractivity contribution in [2.75, 3.05) is 6.61 Å². The van der Waals surface area contributed by atoms with Crippen molar-refractivity contribution in [1.82, 2.24) is 9.55 Å². The minimum absolute atomic E-state index is 0.195. The molecule has 0 bridgehead atoms. The zero-order chi connectivity index (χ0) is 16.4. The molecule has 4 unspecified atom stereocenters. The minimum atomic E-state index is -1.80. The Morgan fingerprint density at radius 3 is 2.82 bits per heavy atom. The van der Waals surface area contributed by atoms with Crippen LogP contribution in [-0.2, 0) is 14.3 Å². The van der Waals surface area contributed by atoms with Crippen LogP contribution in [0.2, 0.25) is 0 Å². The SMILES string of the molecule is C=C(OC(C)=O)C1C(CO)OC(n2ccc(=O)[nH]c2=O)C1F. The van der Waals surface area contributed by atoms with E-state index in [1.54, 1.807) is 0 Å². The summed E-state index contributed by atoms with van der Waals surface area (Å²) in [6.45, 7) is 4.05. The van der Waals surface area contributed by atoms with E-state index < -0.39 is 48.2 Å². The molecule has 1 aromatic heterocycles. The fourth-order valence-corrected chi connectivity index (χ4v) is 2.36. The molecule has 1 aliphatic heterocycles. The van der Waals surface area contributed by atoms with Gasteiger partial charge in [-0.2, -0.15) is 0 Å². The number of hydrogen-bond donors (Lipinski definition) is 2. The van der Waals surface area contributed by atoms with Gasteiger partial charge in [-0.05, 0) is 0 Å². The van der Waals surface area contributed by atoms with E-state index in [1.165, 1.54) is 0 Å². The van der Waals surface area contributed by atoms with Gasteiger partial charge >= 0.3 is 11.7 Å². The molecule has 1 saturated heterocycles. The van der Waals surface area contributed by atoms with E-state index in [2.05, 4.69) is 6.58 Å². The van der Waals surface area contributed by atoms with Crippen molar-refractivity contribution in [3.63, 3.8) is 0 Å². The van der Waals surface area contributed by atoms with Gasteiger partial charge in [0.25, 0.3) is 5.56 Å². The third kappa shape index (κ3) is 3.00. The second-order valence-electron chi connectivity index (χ2n) is 4.80. The first-order chi connectivity index (χ1) is 10.3. The lowest BCUT2D eigenvalue weighted by molar-refractivity contribution is -0.138. The summed E-state index contributed by atoms with van der Waals surface area (Å²) in [7, 11) is 0. The number of hydrogen-bond acceptors (Lipinski definition) is 6. The van der Waals surface area contributed by atoms with Crippen molar-refractivity contribution >= 4 is 5.97 Å². The number of nitrogens with zero attached hydrogens (tertiary/aromatic N) is 1. The number of esters is 1. The Balaban J connectivity index is 2.33. The number of aliphatic hydroxyl groups excluding tert-OH is 1. The van der Waals surface area contributed by atoms with Crippen LogP contribution in [0.25, 0.3) is 0 Å². The smallest absolute Gasteiger partial charge is 0.330 e. The number of alkyl halides is 1. The summed E-state index contributed by atoms with van der Waals surface area (Å²) in [6.07, 6.45) is -3.12. The van der Waals surface area contributed by atoms with Gasteiger partial charge in [-0.15, -0.1) is 0 Å². The summed E-state index contributed by atoms with van der Waals surface area (Å²) in [6, 6.07) is 1.04. The summed E-state index contributed by atoms with van der Waals surface area (Å²) < 4.78 is 25.5. The quantitative estimate of drug-likeness (QED) is 0.570. The van der Waals surface area contributed by atoms with Gasteiger partial charge < -0.3 is 14.6 Å². The zero-order valence-corrected chi connectivity index (χ0v) is 11.7. The van der Waals surface area contributed by atoms with Crippen LogP contribution < -0.4 is 11.2 Å². The lowest BCUT2D eigenvalue weighted by Crippen LogP contribution is -2.35. The highest BCUT2D eigenvalue weighted by Gasteiger charge is 2.48. The van der Waals surface area contributed by atoms with Gasteiger partial charge in [-0.3, -0.25) is 19.1 Å². The highest BCUT2D eigenvalue weighted by molar-refractivity contribution is 5.67. The summed E-state index contributed by atoms with van der Waals surface area (Å²) in [4.78, 5) is 35.7. The molecule has 2 rings (SSSR count). The van der Waals surface area contributed by atoms with E-state index in [0.717, 1.165) is 23.8 Å². The van der Waals surface area contributed by atoms with Crippen LogP contribution in [0.15, 0.2) is 34.2 Å². The molecule has 0 saturated carbocycles. The molecule has 4 atom stereocenters. The zero-order valence-electron chi connectivity index (χ0n) is 11.7. The standard InChI is InChI=1S/C13H15FN2O6/c1-6(21-7(2)18)10-8(5-17)22-12(11(10)14)16-4-3-9(19)15-13(16)20/h3-4,8,10-12,17H,1,5H2,2H3,(H,15,19,20). The first-order valence-electron chi connectivity index (χ1n) is 6.44. The molecule has 120 valence electrons. The molecule has 0 aromatic carbocycles. The number of ether oxygens (including phenoxy) is 2. The number of halogens is 1. The summed E-state index contributed by atoms with van der Waals surface area (Å²) in [5.74, 6) is -2.00. The van der Waals surface area contributed by atoms with E-state index in [-0.39, 0.29) is 5.76 Å². The van der Waals surface area contributed by atoms with Crippen LogP contribution >= 0.6 is 0 Å². The number of carbonyl (C=O) groups excluding carboxylic acids is 1. The number of aliphatic hydroxyl groups is 1. The maximum absolute atomic E-state index is 14.6. The molecule has 8 nitrogen and oxygen atoms in total. The Morgan fingerprint density at radius 2 is 2.27 bits per heavy atom. The molecule has 9 heteroatoms. The Bertz CT molecular complexity index is 696. The number of H-pyrrole nitrogens is 1. The van der Waals surface area contributed by atoms with E-state index in [9.17, 15) is 23.9 Å². The Morgan fingerprint density at radius 1 is 1.59 bits per heavy atom. The fourth-order valence-electron chi connectivity index (χ4n) is 2.36. The van der Waals surface area contributed by atoms with Gasteiger partial charge in [0, 0.05) is 19.2 Å². The molecular weight excluding hydrogens is 299 g/mol. The second-order valence-corrected chi connectivity index (χ2v) is 4.80. The normalized spacial score (nSPS) is 27.6. The van der Waals surface area contributed by atoms with Gasteiger partial charge in [-0.25, -0.2) is 9.18 Å². The molecular formula is C13H15FN2O6. The molecule has 2 N–H and O–H groups in total. The maximum Gasteiger partial charge on any atom is 0.330 e. The van der Waals surface area contributed by atoms with Gasteiger partial charge in [0.2, 0.25) is 0 Å². The minimum Gasteiger partial charge on any atom is -0.431 e. The molecule has 1 fully saturated rings. The Kier molecular flexibility index (Phi) is 4.57. The highest BCUT2D eigenvalue weighted by atomic mass is 19.1. The van der Waals surface area contributed by atoms with Crippen LogP contribution in [0, 0.1) is 5.92 Å². The molecule has 0 aliphatic carbocycles. The molecule has 0 spiro atoms. The highest BCUT2D eigenvalue weighted by Crippen LogP contribution is 2.39. The van der Waals surface area contributed by atoms with Crippen molar-refractivity contribution in [1.29, 1.82) is 0 Å². The average molecular weight is 314 g/mol. The second kappa shape index (κ2) is 6.24. The molecule has 1 aromatic rings. The third-order valence-electron chi connectivity index (χ3n) is 3.28. The van der Waals surface area contributed by atoms with Crippen LogP contribution in [-0.4, -0.2) is 39.5 Å². The summed E-state index contributed by atoms with van der Waals surface area (Å²) >= 11 is 0. The molecule has 0 amide bonds. The first kappa shape index (κ1) is 16.1. The monoisotopic (exact) mass is 314 g/mol. The average Bonchev–Trinajstić information content (AvgIpc) is 2.75. The number of nitrogens with one attached hydrogen (secondary N) is 1. The summed E-state index contributed by atoms with van der Waals surface area (Å²) in [5.41, 5.74) is -1.48. The number of carbonyl (C=O) groups is 1. The maximum atomic E-state index is 14.6. The topological polar surface area (TPSA) is 111 Å². The van der Waals surface area contributed by atoms with Gasteiger partial charge in [0.15, 0.2) is 12.4 Å². The van der Waals surface area contributed by atoms with Crippen LogP contribution in [0.1, 0.15) is 13.2 Å². The Labute approximate surface area is 123 Å². The Hall–Kier alpha value is -2.26. The third-order valence-corrected chi connectivity index (χ3v) is 3.28. The number of aromatic nitrogens is 2. The van der Waals surface area contributed by atoms with Crippen LogP contribution in [0.3, 0.4) is 0 Å². The van der Waals surface area contributed by atoms with Crippen molar-refractivity contribution in [3.8, 4) is 0 Å². The summed E-state index contributed by atoms with van der Waals surface area (Å²) in [5, 5.41) is 9.30.